The molecule has 0 saturated carbocycles. The molecule has 0 amide bonds. The predicted molar refractivity (Wildman–Crippen MR) is 96.1 cm³/mol. The fraction of sp³-hybridized carbons (Fsp3) is 0.278. The minimum Gasteiger partial charge on any atom is -0.300 e. The number of hydrogen-bond acceptors (Lipinski definition) is 5. The Morgan fingerprint density at radius 2 is 1.58 bits per heavy atom. The largest absolute Gasteiger partial charge is 0.300 e. The molecule has 0 N–H and O–H groups in total. The zero-order chi connectivity index (χ0) is 18.7. The highest BCUT2D eigenvalue weighted by Crippen LogP contribution is 2.35. The molecule has 7 nitrogen and oxygen atoms in total. The normalized spacial score (nSPS) is 17.0. The average molecular weight is 374 g/mol. The van der Waals surface area contributed by atoms with Gasteiger partial charge in [0.1, 0.15) is 11.0 Å². The fourth-order valence-electron chi connectivity index (χ4n) is 3.10. The Kier molecular flexibility index (Phi) is 5.15. The summed E-state index contributed by atoms with van der Waals surface area (Å²) >= 11 is 0. The van der Waals surface area contributed by atoms with Crippen molar-refractivity contribution in [1.29, 1.82) is 0 Å². The monoisotopic (exact) mass is 374 g/mol. The van der Waals surface area contributed by atoms with E-state index in [0.29, 0.717) is 11.1 Å². The number of rotatable bonds is 5. The number of carbonyl (C=O) groups is 1. The van der Waals surface area contributed by atoms with Crippen molar-refractivity contribution in [3.8, 4) is 0 Å². The van der Waals surface area contributed by atoms with E-state index in [1.54, 1.807) is 36.4 Å². The molecular weight excluding hydrogens is 356 g/mol. The second kappa shape index (κ2) is 7.35. The van der Waals surface area contributed by atoms with E-state index in [-0.39, 0.29) is 37.4 Å². The summed E-state index contributed by atoms with van der Waals surface area (Å²) < 4.78 is 27.9. The van der Waals surface area contributed by atoms with Crippen molar-refractivity contribution in [1.82, 2.24) is 4.31 Å². The third-order valence-corrected chi connectivity index (χ3v) is 6.65. The molecule has 1 aliphatic rings. The molecule has 8 heteroatoms. The molecule has 1 atom stereocenters. The molecule has 0 radical (unpaired) electrons. The summed E-state index contributed by atoms with van der Waals surface area (Å²) in [6.07, 6.45) is 0.380. The first-order valence-corrected chi connectivity index (χ1v) is 9.70. The quantitative estimate of drug-likeness (QED) is 0.592. The number of piperidine rings is 1. The Morgan fingerprint density at radius 3 is 2.19 bits per heavy atom. The molecule has 1 heterocycles. The van der Waals surface area contributed by atoms with Gasteiger partial charge in [0.25, 0.3) is 5.69 Å². The number of nitrogens with zero attached hydrogens (tertiary/aromatic N) is 2. The van der Waals surface area contributed by atoms with Gasteiger partial charge in [-0.05, 0) is 11.1 Å². The standard InChI is InChI=1S/C18H18N2O5S/c21-17-9-11-19(12-10-17)26(24,25)18(14-5-2-1-3-6-14)15-7-4-8-16(13-15)20(22)23/h1-8,13,18H,9-12H2. The van der Waals surface area contributed by atoms with Crippen LogP contribution in [0.25, 0.3) is 0 Å². The van der Waals surface area contributed by atoms with E-state index in [9.17, 15) is 23.3 Å². The molecule has 1 fully saturated rings. The van der Waals surface area contributed by atoms with Crippen LogP contribution in [0.4, 0.5) is 5.69 Å². The molecular formula is C18H18N2O5S. The Morgan fingerprint density at radius 1 is 0.962 bits per heavy atom. The number of hydrogen-bond donors (Lipinski definition) is 0. The van der Waals surface area contributed by atoms with Crippen LogP contribution in [-0.4, -0.2) is 36.5 Å². The first-order chi connectivity index (χ1) is 12.4. The molecule has 2 aromatic carbocycles. The molecule has 136 valence electrons. The highest BCUT2D eigenvalue weighted by Gasteiger charge is 2.36. The number of sulfonamides is 1. The highest BCUT2D eigenvalue weighted by atomic mass is 32.2. The number of benzene rings is 2. The van der Waals surface area contributed by atoms with Gasteiger partial charge in [-0.3, -0.25) is 14.9 Å². The number of carbonyl (C=O) groups excluding carboxylic acids is 1. The number of non-ortho nitro benzene ring substituents is 1. The maximum absolute atomic E-state index is 13.3. The van der Waals surface area contributed by atoms with Crippen molar-refractivity contribution in [2.24, 2.45) is 0 Å². The van der Waals surface area contributed by atoms with Gasteiger partial charge in [0.15, 0.2) is 0 Å². The SMILES string of the molecule is O=C1CCN(S(=O)(=O)C(c2ccccc2)c2cccc([N+](=O)[O-])c2)CC1. The first-order valence-electron chi connectivity index (χ1n) is 8.19. The lowest BCUT2D eigenvalue weighted by atomic mass is 10.0. The Balaban J connectivity index is 2.09. The Hall–Kier alpha value is -2.58. The molecule has 0 aromatic heterocycles. The second-order valence-corrected chi connectivity index (χ2v) is 8.14. The van der Waals surface area contributed by atoms with Gasteiger partial charge in [-0.2, -0.15) is 0 Å². The van der Waals surface area contributed by atoms with Crippen molar-refractivity contribution in [3.05, 3.63) is 75.8 Å². The van der Waals surface area contributed by atoms with E-state index in [4.69, 9.17) is 0 Å². The number of Topliss-reactive ketones (excluding diaryl/α,β-unsaturated/α-hetero) is 1. The zero-order valence-corrected chi connectivity index (χ0v) is 14.8. The lowest BCUT2D eigenvalue weighted by molar-refractivity contribution is -0.384. The molecule has 0 spiro atoms. The maximum atomic E-state index is 13.3. The molecule has 26 heavy (non-hydrogen) atoms. The van der Waals surface area contributed by atoms with Gasteiger partial charge in [0.05, 0.1) is 4.92 Å². The lowest BCUT2D eigenvalue weighted by Gasteiger charge is -2.30. The van der Waals surface area contributed by atoms with Crippen LogP contribution >= 0.6 is 0 Å². The Labute approximate surface area is 151 Å². The van der Waals surface area contributed by atoms with Gasteiger partial charge in [-0.15, -0.1) is 0 Å². The van der Waals surface area contributed by atoms with E-state index < -0.39 is 20.2 Å². The molecule has 0 bridgehead atoms. The van der Waals surface area contributed by atoms with Crippen molar-refractivity contribution < 1.29 is 18.1 Å². The molecule has 1 unspecified atom stereocenters. The molecule has 1 aliphatic heterocycles. The van der Waals surface area contributed by atoms with Crippen LogP contribution < -0.4 is 0 Å². The van der Waals surface area contributed by atoms with Crippen molar-refractivity contribution in [2.75, 3.05) is 13.1 Å². The van der Waals surface area contributed by atoms with Gasteiger partial charge >= 0.3 is 0 Å². The topological polar surface area (TPSA) is 97.6 Å². The zero-order valence-electron chi connectivity index (χ0n) is 13.9. The van der Waals surface area contributed by atoms with Crippen molar-refractivity contribution in [2.45, 2.75) is 18.1 Å². The van der Waals surface area contributed by atoms with Crippen LogP contribution in [0.1, 0.15) is 29.2 Å². The van der Waals surface area contributed by atoms with Crippen molar-refractivity contribution in [3.63, 3.8) is 0 Å². The van der Waals surface area contributed by atoms with Gasteiger partial charge in [0, 0.05) is 38.1 Å². The third-order valence-electron chi connectivity index (χ3n) is 4.42. The van der Waals surface area contributed by atoms with Gasteiger partial charge in [-0.25, -0.2) is 12.7 Å². The summed E-state index contributed by atoms with van der Waals surface area (Å²) in [5.41, 5.74) is 0.708. The van der Waals surface area contributed by atoms with Gasteiger partial charge < -0.3 is 0 Å². The Bertz CT molecular complexity index is 918. The van der Waals surface area contributed by atoms with Crippen LogP contribution in [0.2, 0.25) is 0 Å². The smallest absolute Gasteiger partial charge is 0.269 e. The van der Waals surface area contributed by atoms with E-state index in [1.807, 2.05) is 0 Å². The van der Waals surface area contributed by atoms with E-state index in [2.05, 4.69) is 0 Å². The van der Waals surface area contributed by atoms with Gasteiger partial charge in [-0.1, -0.05) is 42.5 Å². The van der Waals surface area contributed by atoms with Gasteiger partial charge in [0.2, 0.25) is 10.0 Å². The highest BCUT2D eigenvalue weighted by molar-refractivity contribution is 7.89. The molecule has 0 aliphatic carbocycles. The van der Waals surface area contributed by atoms with E-state index in [0.717, 1.165) is 0 Å². The first kappa shape index (κ1) is 18.2. The summed E-state index contributed by atoms with van der Waals surface area (Å²) in [7, 11) is -3.84. The number of nitro benzene ring substituents is 1. The molecule has 1 saturated heterocycles. The van der Waals surface area contributed by atoms with Crippen LogP contribution in [0, 0.1) is 10.1 Å². The predicted octanol–water partition coefficient (Wildman–Crippen LogP) is 2.68. The summed E-state index contributed by atoms with van der Waals surface area (Å²) in [5.74, 6) is 0.0445. The minimum absolute atomic E-state index is 0.0445. The summed E-state index contributed by atoms with van der Waals surface area (Å²) in [5, 5.41) is 10.0. The number of nitro groups is 1. The minimum atomic E-state index is -3.84. The van der Waals surface area contributed by atoms with Crippen molar-refractivity contribution >= 4 is 21.5 Å². The lowest BCUT2D eigenvalue weighted by Crippen LogP contribution is -2.41. The van der Waals surface area contributed by atoms with E-state index >= 15 is 0 Å². The summed E-state index contributed by atoms with van der Waals surface area (Å²) in [6.45, 7) is 0.277. The van der Waals surface area contributed by atoms with Crippen LogP contribution in [-0.2, 0) is 14.8 Å². The third kappa shape index (κ3) is 3.66. The second-order valence-electron chi connectivity index (χ2n) is 6.13. The maximum Gasteiger partial charge on any atom is 0.269 e. The van der Waals surface area contributed by atoms with Crippen LogP contribution in [0.3, 0.4) is 0 Å². The van der Waals surface area contributed by atoms with Crippen LogP contribution in [0.5, 0.6) is 0 Å². The van der Waals surface area contributed by atoms with Crippen LogP contribution in [0.15, 0.2) is 54.6 Å². The summed E-state index contributed by atoms with van der Waals surface area (Å²) in [4.78, 5) is 22.0. The molecule has 2 aromatic rings. The number of ketones is 1. The van der Waals surface area contributed by atoms with E-state index in [1.165, 1.54) is 22.5 Å². The molecule has 3 rings (SSSR count). The fourth-order valence-corrected chi connectivity index (χ4v) is 5.09. The summed E-state index contributed by atoms with van der Waals surface area (Å²) in [6, 6.07) is 14.3. The average Bonchev–Trinajstić information content (AvgIpc) is 2.63.